The Kier molecular flexibility index (Phi) is 7.16. The van der Waals surface area contributed by atoms with Gasteiger partial charge >= 0.3 is 5.97 Å². The number of methoxy groups -OCH3 is 1. The molecule has 2 atom stereocenters. The van der Waals surface area contributed by atoms with E-state index in [9.17, 15) is 14.0 Å². The van der Waals surface area contributed by atoms with E-state index in [4.69, 9.17) is 14.2 Å². The van der Waals surface area contributed by atoms with Gasteiger partial charge in [0, 0.05) is 6.54 Å². The molecule has 1 amide bonds. The van der Waals surface area contributed by atoms with E-state index in [1.54, 1.807) is 19.2 Å². The molecule has 0 aliphatic rings. The van der Waals surface area contributed by atoms with Gasteiger partial charge in [-0.1, -0.05) is 12.1 Å². The lowest BCUT2D eigenvalue weighted by Crippen LogP contribution is -2.38. The molecule has 2 aromatic carbocycles. The van der Waals surface area contributed by atoms with E-state index < -0.39 is 29.9 Å². The molecule has 0 saturated heterocycles. The Morgan fingerprint density at radius 1 is 0.963 bits per heavy atom. The highest BCUT2D eigenvalue weighted by atomic mass is 19.1. The zero-order chi connectivity index (χ0) is 19.8. The molecule has 27 heavy (non-hydrogen) atoms. The molecule has 0 aliphatic heterocycles. The third-order valence-corrected chi connectivity index (χ3v) is 3.75. The molecule has 2 aromatic rings. The molecular formula is C20H22FNO5. The largest absolute Gasteiger partial charge is 0.497 e. The maximum atomic E-state index is 12.9. The summed E-state index contributed by atoms with van der Waals surface area (Å²) in [7, 11) is 1.58. The average molecular weight is 375 g/mol. The number of halogens is 1. The van der Waals surface area contributed by atoms with Crippen molar-refractivity contribution in [2.45, 2.75) is 32.6 Å². The first-order valence-electron chi connectivity index (χ1n) is 8.42. The maximum absolute atomic E-state index is 12.9. The molecule has 0 unspecified atom stereocenters. The van der Waals surface area contributed by atoms with Crippen molar-refractivity contribution >= 4 is 11.9 Å². The molecule has 144 valence electrons. The third-order valence-electron chi connectivity index (χ3n) is 3.75. The Labute approximate surface area is 157 Å². The van der Waals surface area contributed by atoms with Crippen LogP contribution in [0, 0.1) is 5.82 Å². The molecule has 0 fully saturated rings. The van der Waals surface area contributed by atoms with E-state index in [1.165, 1.54) is 38.1 Å². The molecule has 0 saturated carbocycles. The van der Waals surface area contributed by atoms with Crippen LogP contribution < -0.4 is 14.8 Å². The van der Waals surface area contributed by atoms with Crippen LogP contribution in [0.15, 0.2) is 48.5 Å². The standard InChI is InChI=1S/C20H22FNO5/c1-13(19(23)22-12-15-4-8-17(25-3)9-5-15)27-20(24)14(2)26-18-10-6-16(21)7-11-18/h4-11,13-14H,12H2,1-3H3,(H,22,23)/t13-,14-/m0/s1. The smallest absolute Gasteiger partial charge is 0.347 e. The number of hydrogen-bond acceptors (Lipinski definition) is 5. The molecule has 0 radical (unpaired) electrons. The number of esters is 1. The van der Waals surface area contributed by atoms with Gasteiger partial charge in [0.1, 0.15) is 17.3 Å². The van der Waals surface area contributed by atoms with Gasteiger partial charge in [0.25, 0.3) is 5.91 Å². The van der Waals surface area contributed by atoms with Gasteiger partial charge in [0.05, 0.1) is 7.11 Å². The minimum atomic E-state index is -0.977. The van der Waals surface area contributed by atoms with E-state index in [0.717, 1.165) is 11.3 Å². The Morgan fingerprint density at radius 2 is 1.56 bits per heavy atom. The number of benzene rings is 2. The van der Waals surface area contributed by atoms with Crippen LogP contribution in [0.1, 0.15) is 19.4 Å². The molecule has 0 aliphatic carbocycles. The second-order valence-electron chi connectivity index (χ2n) is 5.86. The van der Waals surface area contributed by atoms with Crippen molar-refractivity contribution in [2.24, 2.45) is 0 Å². The summed E-state index contributed by atoms with van der Waals surface area (Å²) in [6.07, 6.45) is -1.91. The predicted molar refractivity (Wildman–Crippen MR) is 96.9 cm³/mol. The first kappa shape index (κ1) is 20.2. The second-order valence-corrected chi connectivity index (χ2v) is 5.86. The van der Waals surface area contributed by atoms with Crippen molar-refractivity contribution < 1.29 is 28.2 Å². The topological polar surface area (TPSA) is 73.9 Å². The zero-order valence-corrected chi connectivity index (χ0v) is 15.4. The highest BCUT2D eigenvalue weighted by molar-refractivity contribution is 5.84. The fourth-order valence-electron chi connectivity index (χ4n) is 2.17. The molecule has 1 N–H and O–H groups in total. The minimum Gasteiger partial charge on any atom is -0.497 e. The van der Waals surface area contributed by atoms with E-state index in [0.29, 0.717) is 12.3 Å². The number of ether oxygens (including phenoxy) is 3. The Bertz CT molecular complexity index is 761. The number of carbonyl (C=O) groups is 2. The SMILES string of the molecule is COc1ccc(CNC(=O)[C@H](C)OC(=O)[C@H](C)Oc2ccc(F)cc2)cc1. The summed E-state index contributed by atoms with van der Waals surface area (Å²) in [5, 5.41) is 2.70. The van der Waals surface area contributed by atoms with E-state index in [2.05, 4.69) is 5.32 Å². The van der Waals surface area contributed by atoms with Crippen molar-refractivity contribution in [2.75, 3.05) is 7.11 Å². The molecule has 2 rings (SSSR count). The molecular weight excluding hydrogens is 353 g/mol. The molecule has 7 heteroatoms. The maximum Gasteiger partial charge on any atom is 0.347 e. The lowest BCUT2D eigenvalue weighted by Gasteiger charge is -2.18. The number of amides is 1. The van der Waals surface area contributed by atoms with Crippen LogP contribution in [0.3, 0.4) is 0 Å². The monoisotopic (exact) mass is 375 g/mol. The van der Waals surface area contributed by atoms with Crippen LogP contribution in [-0.4, -0.2) is 31.2 Å². The van der Waals surface area contributed by atoms with E-state index in [1.807, 2.05) is 12.1 Å². The van der Waals surface area contributed by atoms with Crippen LogP contribution in [0.5, 0.6) is 11.5 Å². The van der Waals surface area contributed by atoms with Gasteiger partial charge in [-0.05, 0) is 55.8 Å². The number of carbonyl (C=O) groups excluding carboxylic acids is 2. The Hall–Kier alpha value is -3.09. The van der Waals surface area contributed by atoms with Gasteiger partial charge in [-0.2, -0.15) is 0 Å². The molecule has 0 heterocycles. The van der Waals surface area contributed by atoms with Gasteiger partial charge in [-0.3, -0.25) is 4.79 Å². The summed E-state index contributed by atoms with van der Waals surface area (Å²) in [6, 6.07) is 12.5. The second kappa shape index (κ2) is 9.56. The molecule has 6 nitrogen and oxygen atoms in total. The van der Waals surface area contributed by atoms with Crippen molar-refractivity contribution in [3.05, 3.63) is 59.9 Å². The lowest BCUT2D eigenvalue weighted by atomic mass is 10.2. The Morgan fingerprint density at radius 3 is 2.15 bits per heavy atom. The van der Waals surface area contributed by atoms with Crippen LogP contribution in [0.2, 0.25) is 0 Å². The van der Waals surface area contributed by atoms with Gasteiger partial charge in [-0.15, -0.1) is 0 Å². The molecule has 0 aromatic heterocycles. The van der Waals surface area contributed by atoms with E-state index >= 15 is 0 Å². The fraction of sp³-hybridized carbons (Fsp3) is 0.300. The summed E-state index contributed by atoms with van der Waals surface area (Å²) < 4.78 is 28.5. The van der Waals surface area contributed by atoms with Gasteiger partial charge < -0.3 is 19.5 Å². The summed E-state index contributed by atoms with van der Waals surface area (Å²) in [5.74, 6) is -0.459. The van der Waals surface area contributed by atoms with Gasteiger partial charge in [0.2, 0.25) is 0 Å². The number of nitrogens with one attached hydrogen (secondary N) is 1. The molecule has 0 bridgehead atoms. The first-order chi connectivity index (χ1) is 12.9. The van der Waals surface area contributed by atoms with Crippen LogP contribution >= 0.6 is 0 Å². The quantitative estimate of drug-likeness (QED) is 0.718. The fourth-order valence-corrected chi connectivity index (χ4v) is 2.17. The van der Waals surface area contributed by atoms with Crippen LogP contribution in [-0.2, 0) is 20.9 Å². The lowest BCUT2D eigenvalue weighted by molar-refractivity contribution is -0.160. The van der Waals surface area contributed by atoms with Crippen LogP contribution in [0.4, 0.5) is 4.39 Å². The van der Waals surface area contributed by atoms with Gasteiger partial charge in [-0.25, -0.2) is 9.18 Å². The van der Waals surface area contributed by atoms with Gasteiger partial charge in [0.15, 0.2) is 12.2 Å². The average Bonchev–Trinajstić information content (AvgIpc) is 2.68. The normalized spacial score (nSPS) is 12.6. The van der Waals surface area contributed by atoms with E-state index in [-0.39, 0.29) is 0 Å². The highest BCUT2D eigenvalue weighted by Gasteiger charge is 2.23. The summed E-state index contributed by atoms with van der Waals surface area (Å²) in [6.45, 7) is 3.27. The highest BCUT2D eigenvalue weighted by Crippen LogP contribution is 2.14. The molecule has 0 spiro atoms. The summed E-state index contributed by atoms with van der Waals surface area (Å²) >= 11 is 0. The summed E-state index contributed by atoms with van der Waals surface area (Å²) in [4.78, 5) is 24.2. The van der Waals surface area contributed by atoms with Crippen molar-refractivity contribution in [1.29, 1.82) is 0 Å². The number of hydrogen-bond donors (Lipinski definition) is 1. The third kappa shape index (κ3) is 6.29. The van der Waals surface area contributed by atoms with Crippen LogP contribution in [0.25, 0.3) is 0 Å². The van der Waals surface area contributed by atoms with Crippen molar-refractivity contribution in [3.8, 4) is 11.5 Å². The van der Waals surface area contributed by atoms with Crippen molar-refractivity contribution in [1.82, 2.24) is 5.32 Å². The first-order valence-corrected chi connectivity index (χ1v) is 8.42. The van der Waals surface area contributed by atoms with Crippen molar-refractivity contribution in [3.63, 3.8) is 0 Å². The summed E-state index contributed by atoms with van der Waals surface area (Å²) in [5.41, 5.74) is 0.885. The Balaban J connectivity index is 1.79. The minimum absolute atomic E-state index is 0.298. The predicted octanol–water partition coefficient (Wildman–Crippen LogP) is 2.85. The number of rotatable bonds is 8. The zero-order valence-electron chi connectivity index (χ0n) is 15.4.